The van der Waals surface area contributed by atoms with Gasteiger partial charge in [0.15, 0.2) is 5.16 Å². The first-order valence-electron chi connectivity index (χ1n) is 11.0. The number of hydrogen-bond acceptors (Lipinski definition) is 6. The summed E-state index contributed by atoms with van der Waals surface area (Å²) in [5.41, 5.74) is 1.31. The smallest absolute Gasteiger partial charge is 0.263 e. The van der Waals surface area contributed by atoms with Gasteiger partial charge in [-0.05, 0) is 43.7 Å². The fraction of sp³-hybridized carbons (Fsp3) is 0.682. The number of carbonyl (C=O) groups is 1. The van der Waals surface area contributed by atoms with E-state index in [0.717, 1.165) is 55.7 Å². The van der Waals surface area contributed by atoms with E-state index in [2.05, 4.69) is 32.7 Å². The number of nitrogens with zero attached hydrogens (tertiary/aromatic N) is 4. The lowest BCUT2D eigenvalue weighted by atomic mass is 9.89. The largest absolute Gasteiger partial charge is 0.339 e. The van der Waals surface area contributed by atoms with Crippen molar-refractivity contribution in [1.29, 1.82) is 0 Å². The zero-order valence-electron chi connectivity index (χ0n) is 18.4. The molecule has 3 heterocycles. The maximum Gasteiger partial charge on any atom is 0.263 e. The summed E-state index contributed by atoms with van der Waals surface area (Å²) in [6.07, 6.45) is 3.16. The van der Waals surface area contributed by atoms with Gasteiger partial charge in [0.2, 0.25) is 5.91 Å². The molecule has 1 aliphatic heterocycles. The predicted molar refractivity (Wildman–Crippen MR) is 125 cm³/mol. The van der Waals surface area contributed by atoms with Gasteiger partial charge in [-0.15, -0.1) is 11.3 Å². The molecular weight excluding hydrogens is 416 g/mol. The van der Waals surface area contributed by atoms with Crippen molar-refractivity contribution >= 4 is 39.2 Å². The summed E-state index contributed by atoms with van der Waals surface area (Å²) in [5, 5.41) is 1.52. The molecule has 2 aromatic rings. The Balaban J connectivity index is 1.63. The van der Waals surface area contributed by atoms with Gasteiger partial charge in [-0.1, -0.05) is 32.5 Å². The Hall–Kier alpha value is -1.38. The predicted octanol–water partition coefficient (Wildman–Crippen LogP) is 3.10. The Kier molecular flexibility index (Phi) is 6.55. The number of fused-ring (bicyclic) bond motifs is 3. The molecule has 0 saturated carbocycles. The average molecular weight is 449 g/mol. The molecular formula is C22H32N4O2S2. The van der Waals surface area contributed by atoms with Crippen LogP contribution in [0.4, 0.5) is 0 Å². The van der Waals surface area contributed by atoms with Crippen LogP contribution in [0.15, 0.2) is 9.95 Å². The van der Waals surface area contributed by atoms with Crippen molar-refractivity contribution in [3.8, 4) is 0 Å². The molecule has 8 heteroatoms. The van der Waals surface area contributed by atoms with Gasteiger partial charge in [-0.3, -0.25) is 14.2 Å². The van der Waals surface area contributed by atoms with Gasteiger partial charge < -0.3 is 9.80 Å². The van der Waals surface area contributed by atoms with Gasteiger partial charge in [-0.25, -0.2) is 4.98 Å². The molecule has 0 aromatic carbocycles. The number of thiophene rings is 1. The number of amides is 1. The van der Waals surface area contributed by atoms with Crippen molar-refractivity contribution in [3.63, 3.8) is 0 Å². The van der Waals surface area contributed by atoms with Gasteiger partial charge in [0, 0.05) is 37.6 Å². The van der Waals surface area contributed by atoms with Crippen LogP contribution in [0.3, 0.4) is 0 Å². The Labute approximate surface area is 186 Å². The van der Waals surface area contributed by atoms with Crippen LogP contribution < -0.4 is 5.56 Å². The number of thioether (sulfide) groups is 1. The number of aryl methyl sites for hydroxylation is 1. The summed E-state index contributed by atoms with van der Waals surface area (Å²) >= 11 is 3.10. The van der Waals surface area contributed by atoms with E-state index >= 15 is 0 Å². The number of hydrogen-bond donors (Lipinski definition) is 0. The van der Waals surface area contributed by atoms with Crippen LogP contribution in [0, 0.1) is 11.8 Å². The van der Waals surface area contributed by atoms with E-state index in [1.54, 1.807) is 11.3 Å². The second kappa shape index (κ2) is 9.01. The van der Waals surface area contributed by atoms with E-state index < -0.39 is 0 Å². The molecule has 1 unspecified atom stereocenters. The normalized spacial score (nSPS) is 20.2. The van der Waals surface area contributed by atoms with Crippen LogP contribution in [0.1, 0.15) is 37.6 Å². The van der Waals surface area contributed by atoms with Crippen LogP contribution >= 0.6 is 23.1 Å². The van der Waals surface area contributed by atoms with Crippen LogP contribution in [0.5, 0.6) is 0 Å². The first kappa shape index (κ1) is 21.8. The zero-order chi connectivity index (χ0) is 21.4. The fourth-order valence-corrected chi connectivity index (χ4v) is 6.65. The third kappa shape index (κ3) is 4.46. The highest BCUT2D eigenvalue weighted by atomic mass is 32.2. The van der Waals surface area contributed by atoms with E-state index in [9.17, 15) is 9.59 Å². The summed E-state index contributed by atoms with van der Waals surface area (Å²) in [7, 11) is 2.09. The first-order valence-corrected chi connectivity index (χ1v) is 12.8. The highest BCUT2D eigenvalue weighted by molar-refractivity contribution is 7.99. The molecule has 1 saturated heterocycles. The number of aromatic nitrogens is 2. The Morgan fingerprint density at radius 2 is 2.00 bits per heavy atom. The SMILES string of the molecule is CC(C)Cn1c(SCC(=O)N2CCN(C)CC2)nc2sc3c(c2c1=O)CCC(C)C3. The van der Waals surface area contributed by atoms with E-state index in [1.165, 1.54) is 22.2 Å². The molecule has 2 aromatic heterocycles. The maximum atomic E-state index is 13.5. The van der Waals surface area contributed by atoms with Crippen LogP contribution in [-0.4, -0.2) is 64.2 Å². The number of piperazine rings is 1. The molecule has 6 nitrogen and oxygen atoms in total. The molecule has 30 heavy (non-hydrogen) atoms. The Bertz CT molecular complexity index is 989. The summed E-state index contributed by atoms with van der Waals surface area (Å²) in [6.45, 7) is 10.5. The lowest BCUT2D eigenvalue weighted by Crippen LogP contribution is -2.47. The lowest BCUT2D eigenvalue weighted by molar-refractivity contribution is -0.129. The molecule has 0 bridgehead atoms. The second-order valence-corrected chi connectivity index (χ2v) is 11.2. The van der Waals surface area contributed by atoms with Crippen molar-refractivity contribution in [2.75, 3.05) is 39.0 Å². The molecule has 2 aliphatic rings. The second-order valence-electron chi connectivity index (χ2n) is 9.21. The van der Waals surface area contributed by atoms with Crippen molar-refractivity contribution in [1.82, 2.24) is 19.4 Å². The summed E-state index contributed by atoms with van der Waals surface area (Å²) in [4.78, 5) is 37.5. The summed E-state index contributed by atoms with van der Waals surface area (Å²) in [6, 6.07) is 0. The molecule has 1 aliphatic carbocycles. The third-order valence-electron chi connectivity index (χ3n) is 6.11. The first-order chi connectivity index (χ1) is 14.3. The monoisotopic (exact) mass is 448 g/mol. The van der Waals surface area contributed by atoms with Crippen LogP contribution in [0.25, 0.3) is 10.2 Å². The number of carbonyl (C=O) groups excluding carboxylic acids is 1. The highest BCUT2D eigenvalue weighted by Crippen LogP contribution is 2.36. The average Bonchev–Trinajstić information content (AvgIpc) is 3.06. The van der Waals surface area contributed by atoms with Crippen LogP contribution in [-0.2, 0) is 24.2 Å². The minimum Gasteiger partial charge on any atom is -0.339 e. The number of likely N-dealkylation sites (N-methyl/N-ethyl adjacent to an activating group) is 1. The van der Waals surface area contributed by atoms with Crippen molar-refractivity contribution < 1.29 is 4.79 Å². The molecule has 1 atom stereocenters. The maximum absolute atomic E-state index is 13.5. The minimum atomic E-state index is 0.0790. The van der Waals surface area contributed by atoms with Crippen molar-refractivity contribution in [3.05, 3.63) is 20.8 Å². The third-order valence-corrected chi connectivity index (χ3v) is 8.22. The van der Waals surface area contributed by atoms with Gasteiger partial charge in [0.25, 0.3) is 5.56 Å². The van der Waals surface area contributed by atoms with Crippen LogP contribution in [0.2, 0.25) is 0 Å². The van der Waals surface area contributed by atoms with Crippen molar-refractivity contribution in [2.45, 2.75) is 51.7 Å². The highest BCUT2D eigenvalue weighted by Gasteiger charge is 2.26. The Morgan fingerprint density at radius 3 is 2.70 bits per heavy atom. The van der Waals surface area contributed by atoms with Gasteiger partial charge >= 0.3 is 0 Å². The van der Waals surface area contributed by atoms with Crippen molar-refractivity contribution in [2.24, 2.45) is 11.8 Å². The molecule has 0 radical (unpaired) electrons. The minimum absolute atomic E-state index is 0.0790. The number of rotatable bonds is 5. The van der Waals surface area contributed by atoms with Gasteiger partial charge in [-0.2, -0.15) is 0 Å². The Morgan fingerprint density at radius 1 is 1.27 bits per heavy atom. The fourth-order valence-electron chi connectivity index (χ4n) is 4.31. The summed E-state index contributed by atoms with van der Waals surface area (Å²) in [5.74, 6) is 1.47. The van der Waals surface area contributed by atoms with E-state index in [1.807, 2.05) is 9.47 Å². The topological polar surface area (TPSA) is 58.4 Å². The van der Waals surface area contributed by atoms with E-state index in [-0.39, 0.29) is 11.5 Å². The molecule has 0 spiro atoms. The molecule has 0 N–H and O–H groups in total. The standard InChI is InChI=1S/C22H32N4O2S2/c1-14(2)12-26-21(28)19-16-6-5-15(3)11-17(16)30-20(19)23-22(26)29-13-18(27)25-9-7-24(4)8-10-25/h14-15H,5-13H2,1-4H3. The summed E-state index contributed by atoms with van der Waals surface area (Å²) < 4.78 is 1.82. The zero-order valence-corrected chi connectivity index (χ0v) is 20.1. The molecule has 1 fully saturated rings. The van der Waals surface area contributed by atoms with Gasteiger partial charge in [0.1, 0.15) is 4.83 Å². The molecule has 164 valence electrons. The van der Waals surface area contributed by atoms with E-state index in [0.29, 0.717) is 29.3 Å². The molecule has 1 amide bonds. The lowest BCUT2D eigenvalue weighted by Gasteiger charge is -2.32. The van der Waals surface area contributed by atoms with E-state index in [4.69, 9.17) is 4.98 Å². The van der Waals surface area contributed by atoms with Gasteiger partial charge in [0.05, 0.1) is 11.1 Å². The quantitative estimate of drug-likeness (QED) is 0.520. The molecule has 4 rings (SSSR count).